The van der Waals surface area contributed by atoms with E-state index in [-0.39, 0.29) is 5.69 Å². The molecule has 0 radical (unpaired) electrons. The van der Waals surface area contributed by atoms with Crippen LogP contribution in [-0.2, 0) is 9.59 Å². The molecule has 30 heavy (non-hydrogen) atoms. The molecule has 1 aromatic carbocycles. The number of benzene rings is 1. The van der Waals surface area contributed by atoms with E-state index in [1.54, 1.807) is 37.5 Å². The van der Waals surface area contributed by atoms with E-state index in [1.807, 2.05) is 13.0 Å². The minimum atomic E-state index is -1.17. The number of pyridine rings is 1. The summed E-state index contributed by atoms with van der Waals surface area (Å²) in [4.78, 5) is 38.9. The van der Waals surface area contributed by atoms with Gasteiger partial charge in [-0.1, -0.05) is 18.2 Å². The summed E-state index contributed by atoms with van der Waals surface area (Å²) in [6, 6.07) is 9.68. The minimum Gasteiger partial charge on any atom is -0.480 e. The normalized spacial score (nSPS) is 16.1. The quantitative estimate of drug-likeness (QED) is 0.494. The van der Waals surface area contributed by atoms with Gasteiger partial charge in [-0.2, -0.15) is 0 Å². The third-order valence-corrected chi connectivity index (χ3v) is 4.79. The number of nitrogens with one attached hydrogen (secondary N) is 2. The maximum atomic E-state index is 13.0. The van der Waals surface area contributed by atoms with Gasteiger partial charge in [0.25, 0.3) is 5.69 Å². The number of nitro groups is 1. The summed E-state index contributed by atoms with van der Waals surface area (Å²) in [6.07, 6.45) is 3.28. The lowest BCUT2D eigenvalue weighted by Crippen LogP contribution is -2.36. The second-order valence-electron chi connectivity index (χ2n) is 6.81. The minimum absolute atomic E-state index is 0.0998. The Labute approximate surface area is 172 Å². The number of allylic oxidation sites excluding steroid dienone is 3. The van der Waals surface area contributed by atoms with Crippen molar-refractivity contribution in [2.45, 2.75) is 19.8 Å². The zero-order chi connectivity index (χ0) is 21.8. The number of amides is 1. The van der Waals surface area contributed by atoms with E-state index in [0.717, 1.165) is 16.8 Å². The predicted octanol–water partition coefficient (Wildman–Crippen LogP) is 2.58. The Bertz CT molecular complexity index is 1080. The smallest absolute Gasteiger partial charge is 0.322 e. The molecule has 1 amide bonds. The van der Waals surface area contributed by atoms with E-state index in [0.29, 0.717) is 16.8 Å². The van der Waals surface area contributed by atoms with Gasteiger partial charge in [0.15, 0.2) is 0 Å². The van der Waals surface area contributed by atoms with Gasteiger partial charge in [-0.3, -0.25) is 24.7 Å². The first-order chi connectivity index (χ1) is 14.3. The highest BCUT2D eigenvalue weighted by molar-refractivity contribution is 6.01. The Morgan fingerprint density at radius 1 is 1.23 bits per heavy atom. The van der Waals surface area contributed by atoms with E-state index < -0.39 is 29.3 Å². The van der Waals surface area contributed by atoms with Gasteiger partial charge in [0.1, 0.15) is 6.54 Å². The van der Waals surface area contributed by atoms with Gasteiger partial charge in [0.2, 0.25) is 5.91 Å². The fourth-order valence-electron chi connectivity index (χ4n) is 3.60. The fourth-order valence-corrected chi connectivity index (χ4v) is 3.60. The molecule has 3 N–H and O–H groups in total. The Morgan fingerprint density at radius 3 is 2.63 bits per heavy atom. The molecule has 1 aliphatic heterocycles. The van der Waals surface area contributed by atoms with Crippen LogP contribution in [0.1, 0.15) is 30.9 Å². The first kappa shape index (κ1) is 20.7. The van der Waals surface area contributed by atoms with Crippen molar-refractivity contribution >= 4 is 23.1 Å². The predicted molar refractivity (Wildman–Crippen MR) is 109 cm³/mol. The number of aromatic nitrogens is 1. The summed E-state index contributed by atoms with van der Waals surface area (Å²) in [5, 5.41) is 25.8. The number of non-ortho nitro benzene ring substituents is 1. The number of hydrogen-bond donors (Lipinski definition) is 3. The molecule has 9 heteroatoms. The fraction of sp³-hybridized carbons (Fsp3) is 0.190. The molecule has 1 aliphatic rings. The molecule has 0 saturated heterocycles. The Kier molecular flexibility index (Phi) is 5.91. The zero-order valence-corrected chi connectivity index (χ0v) is 16.4. The van der Waals surface area contributed by atoms with Crippen LogP contribution in [0.4, 0.5) is 5.69 Å². The van der Waals surface area contributed by atoms with Gasteiger partial charge >= 0.3 is 5.97 Å². The van der Waals surface area contributed by atoms with Crippen molar-refractivity contribution in [1.29, 1.82) is 0 Å². The van der Waals surface area contributed by atoms with Crippen molar-refractivity contribution in [2.75, 3.05) is 6.54 Å². The third-order valence-electron chi connectivity index (χ3n) is 4.79. The van der Waals surface area contributed by atoms with Crippen LogP contribution in [0, 0.1) is 10.1 Å². The Balaban J connectivity index is 2.19. The average molecular weight is 408 g/mol. The molecule has 0 saturated carbocycles. The molecule has 3 rings (SSSR count). The number of nitrogens with zero attached hydrogens (tertiary/aromatic N) is 2. The molecule has 1 aromatic heterocycles. The van der Waals surface area contributed by atoms with Gasteiger partial charge in [-0.15, -0.1) is 0 Å². The number of nitro benzene ring substituents is 1. The van der Waals surface area contributed by atoms with E-state index in [1.165, 1.54) is 12.1 Å². The summed E-state index contributed by atoms with van der Waals surface area (Å²) in [7, 11) is 0. The number of carbonyl (C=O) groups is 2. The van der Waals surface area contributed by atoms with Gasteiger partial charge in [0.05, 0.1) is 4.92 Å². The maximum absolute atomic E-state index is 13.0. The van der Waals surface area contributed by atoms with Crippen LogP contribution >= 0.6 is 0 Å². The first-order valence-corrected chi connectivity index (χ1v) is 9.13. The van der Waals surface area contributed by atoms with Crippen molar-refractivity contribution in [3.63, 3.8) is 0 Å². The Morgan fingerprint density at radius 2 is 2.00 bits per heavy atom. The summed E-state index contributed by atoms with van der Waals surface area (Å²) < 4.78 is 0. The van der Waals surface area contributed by atoms with Crippen LogP contribution in [0.5, 0.6) is 0 Å². The molecule has 154 valence electrons. The van der Waals surface area contributed by atoms with Crippen LogP contribution in [0.15, 0.2) is 65.8 Å². The zero-order valence-electron chi connectivity index (χ0n) is 16.4. The van der Waals surface area contributed by atoms with Gasteiger partial charge < -0.3 is 15.7 Å². The van der Waals surface area contributed by atoms with Crippen molar-refractivity contribution in [3.05, 3.63) is 87.0 Å². The molecule has 1 unspecified atom stereocenters. The number of hydrogen-bond acceptors (Lipinski definition) is 6. The lowest BCUT2D eigenvalue weighted by atomic mass is 9.77. The van der Waals surface area contributed by atoms with E-state index in [4.69, 9.17) is 5.11 Å². The van der Waals surface area contributed by atoms with Crippen molar-refractivity contribution in [2.24, 2.45) is 0 Å². The number of rotatable bonds is 6. The second kappa shape index (κ2) is 8.56. The SMILES string of the molecule is CC1=C(C(=O)NCC(=O)O)C(c2cccc([N+](=O)[O-])c2)C(c2cccnc2)=C(C)N1. The molecule has 0 spiro atoms. The molecule has 1 atom stereocenters. The highest BCUT2D eigenvalue weighted by Gasteiger charge is 2.34. The highest BCUT2D eigenvalue weighted by Crippen LogP contribution is 2.43. The average Bonchev–Trinajstić information content (AvgIpc) is 2.72. The summed E-state index contributed by atoms with van der Waals surface area (Å²) in [6.45, 7) is 3.02. The van der Waals surface area contributed by atoms with Crippen LogP contribution < -0.4 is 10.6 Å². The molecule has 2 aromatic rings. The highest BCUT2D eigenvalue weighted by atomic mass is 16.6. The topological polar surface area (TPSA) is 134 Å². The monoisotopic (exact) mass is 408 g/mol. The molecule has 9 nitrogen and oxygen atoms in total. The number of dihydropyridines is 1. The lowest BCUT2D eigenvalue weighted by molar-refractivity contribution is -0.384. The van der Waals surface area contributed by atoms with Gasteiger partial charge in [-0.05, 0) is 36.6 Å². The molecule has 0 bridgehead atoms. The van der Waals surface area contributed by atoms with Crippen LogP contribution in [0.3, 0.4) is 0 Å². The third kappa shape index (κ3) is 4.19. The first-order valence-electron chi connectivity index (χ1n) is 9.13. The van der Waals surface area contributed by atoms with Crippen molar-refractivity contribution in [3.8, 4) is 0 Å². The molecular weight excluding hydrogens is 388 g/mol. The standard InChI is InChI=1S/C21H20N4O5/c1-12-18(15-6-4-8-22-10-15)20(14-5-3-7-16(9-14)25(29)30)19(13(2)24-12)21(28)23-11-17(26)27/h3-10,20,24H,11H2,1-2H3,(H,23,28)(H,26,27). The van der Waals surface area contributed by atoms with Gasteiger partial charge in [0, 0.05) is 47.4 Å². The van der Waals surface area contributed by atoms with Crippen molar-refractivity contribution < 1.29 is 19.6 Å². The largest absolute Gasteiger partial charge is 0.480 e. The summed E-state index contributed by atoms with van der Waals surface area (Å²) >= 11 is 0. The summed E-state index contributed by atoms with van der Waals surface area (Å²) in [5.74, 6) is -2.38. The lowest BCUT2D eigenvalue weighted by Gasteiger charge is -2.32. The van der Waals surface area contributed by atoms with Crippen LogP contribution in [-0.4, -0.2) is 33.4 Å². The number of carbonyl (C=O) groups excluding carboxylic acids is 1. The number of carboxylic acids is 1. The Hall–Kier alpha value is -4.01. The maximum Gasteiger partial charge on any atom is 0.322 e. The number of aliphatic carboxylic acids is 1. The van der Waals surface area contributed by atoms with Gasteiger partial charge in [-0.25, -0.2) is 0 Å². The molecular formula is C21H20N4O5. The van der Waals surface area contributed by atoms with E-state index in [9.17, 15) is 19.7 Å². The van der Waals surface area contributed by atoms with E-state index in [2.05, 4.69) is 15.6 Å². The van der Waals surface area contributed by atoms with Crippen LogP contribution in [0.25, 0.3) is 5.57 Å². The summed E-state index contributed by atoms with van der Waals surface area (Å²) in [5.41, 5.74) is 3.53. The molecule has 2 heterocycles. The second-order valence-corrected chi connectivity index (χ2v) is 6.81. The van der Waals surface area contributed by atoms with Crippen molar-refractivity contribution in [1.82, 2.24) is 15.6 Å². The van der Waals surface area contributed by atoms with Crippen LogP contribution in [0.2, 0.25) is 0 Å². The van der Waals surface area contributed by atoms with E-state index >= 15 is 0 Å². The number of carboxylic acid groups (broad SMARTS) is 1. The molecule has 0 fully saturated rings. The molecule has 0 aliphatic carbocycles.